The van der Waals surface area contributed by atoms with Crippen LogP contribution in [-0.2, 0) is 6.18 Å². The zero-order valence-corrected chi connectivity index (χ0v) is 18.8. The molecule has 1 fully saturated rings. The van der Waals surface area contributed by atoms with Gasteiger partial charge in [-0.15, -0.1) is 0 Å². The van der Waals surface area contributed by atoms with E-state index in [2.05, 4.69) is 9.97 Å². The molecule has 0 unspecified atom stereocenters. The van der Waals surface area contributed by atoms with E-state index < -0.39 is 11.7 Å². The van der Waals surface area contributed by atoms with Crippen LogP contribution in [0.3, 0.4) is 0 Å². The number of alkyl halides is 3. The predicted molar refractivity (Wildman–Crippen MR) is 121 cm³/mol. The Labute approximate surface area is 196 Å². The largest absolute Gasteiger partial charge is 0.417 e. The normalized spacial score (nSPS) is 14.7. The minimum absolute atomic E-state index is 0.101. The second kappa shape index (κ2) is 8.39. The Morgan fingerprint density at radius 2 is 1.74 bits per heavy atom. The van der Waals surface area contributed by atoms with Gasteiger partial charge in [0.15, 0.2) is 4.96 Å². The van der Waals surface area contributed by atoms with E-state index in [4.69, 9.17) is 0 Å². The number of carbonyl (C=O) groups is 1. The molecule has 0 atom stereocenters. The minimum Gasteiger partial charge on any atom is -0.353 e. The number of pyridine rings is 1. The predicted octanol–water partition coefficient (Wildman–Crippen LogP) is 4.89. The monoisotopic (exact) mass is 489 g/mol. The summed E-state index contributed by atoms with van der Waals surface area (Å²) in [6.45, 7) is 3.67. The Bertz CT molecular complexity index is 1340. The number of nitrogens with zero attached hydrogens (tertiary/aromatic N) is 5. The number of piperazine rings is 1. The second-order valence-corrected chi connectivity index (χ2v) is 8.96. The van der Waals surface area contributed by atoms with Crippen LogP contribution in [0, 0.1) is 12.7 Å². The van der Waals surface area contributed by atoms with Crippen LogP contribution in [0.5, 0.6) is 0 Å². The van der Waals surface area contributed by atoms with Crippen molar-refractivity contribution in [2.24, 2.45) is 0 Å². The van der Waals surface area contributed by atoms with E-state index in [0.29, 0.717) is 47.5 Å². The van der Waals surface area contributed by atoms with Gasteiger partial charge in [-0.3, -0.25) is 9.20 Å². The van der Waals surface area contributed by atoms with E-state index in [9.17, 15) is 22.4 Å². The molecule has 1 aliphatic heterocycles. The third-order valence-corrected chi connectivity index (χ3v) is 7.00. The topological polar surface area (TPSA) is 53.7 Å². The van der Waals surface area contributed by atoms with Crippen molar-refractivity contribution >= 4 is 28.0 Å². The van der Waals surface area contributed by atoms with Crippen molar-refractivity contribution in [3.63, 3.8) is 0 Å². The van der Waals surface area contributed by atoms with Gasteiger partial charge in [-0.25, -0.2) is 14.4 Å². The van der Waals surface area contributed by atoms with E-state index >= 15 is 0 Å². The highest BCUT2D eigenvalue weighted by Crippen LogP contribution is 2.30. The average molecular weight is 489 g/mol. The van der Waals surface area contributed by atoms with E-state index in [-0.39, 0.29) is 11.7 Å². The highest BCUT2D eigenvalue weighted by molar-refractivity contribution is 7.19. The van der Waals surface area contributed by atoms with E-state index in [1.54, 1.807) is 17.0 Å². The summed E-state index contributed by atoms with van der Waals surface area (Å²) in [5.41, 5.74) is 1.48. The number of rotatable bonds is 3. The standard InChI is InChI=1S/C23H19F4N5OS/c1-14-20(34-22-29-18(13-32(14)22)15-2-5-17(24)6-3-15)21(33)31-10-8-30(9-11-31)19-7-4-16(12-28-19)23(25,26)27/h2-7,12-13H,8-11H2,1H3. The Hall–Kier alpha value is -3.47. The number of imidazole rings is 1. The maximum absolute atomic E-state index is 13.2. The first kappa shape index (κ1) is 22.3. The van der Waals surface area contributed by atoms with Gasteiger partial charge in [-0.1, -0.05) is 11.3 Å². The first-order chi connectivity index (χ1) is 16.2. The number of halogens is 4. The van der Waals surface area contributed by atoms with Gasteiger partial charge in [0.2, 0.25) is 0 Å². The second-order valence-electron chi connectivity index (χ2n) is 7.98. The third kappa shape index (κ3) is 4.11. The first-order valence-corrected chi connectivity index (χ1v) is 11.3. The van der Waals surface area contributed by atoms with Crippen molar-refractivity contribution in [1.29, 1.82) is 0 Å². The minimum atomic E-state index is -4.42. The number of amides is 1. The Kier molecular flexibility index (Phi) is 5.51. The third-order valence-electron chi connectivity index (χ3n) is 5.86. The molecule has 1 amide bonds. The number of fused-ring (bicyclic) bond motifs is 1. The molecule has 1 aliphatic rings. The van der Waals surface area contributed by atoms with E-state index in [1.807, 2.05) is 22.4 Å². The maximum atomic E-state index is 13.2. The van der Waals surface area contributed by atoms with Gasteiger partial charge < -0.3 is 9.80 Å². The summed E-state index contributed by atoms with van der Waals surface area (Å²) in [6, 6.07) is 8.46. The number of aromatic nitrogens is 3. The molecule has 0 saturated carbocycles. The molecule has 1 aromatic carbocycles. The lowest BCUT2D eigenvalue weighted by Gasteiger charge is -2.35. The molecule has 1 saturated heterocycles. The molecule has 4 heterocycles. The molecule has 34 heavy (non-hydrogen) atoms. The molecule has 3 aromatic heterocycles. The molecule has 0 spiro atoms. The molecule has 176 valence electrons. The van der Waals surface area contributed by atoms with Gasteiger partial charge in [0, 0.05) is 49.8 Å². The highest BCUT2D eigenvalue weighted by Gasteiger charge is 2.31. The van der Waals surface area contributed by atoms with Gasteiger partial charge >= 0.3 is 6.18 Å². The van der Waals surface area contributed by atoms with Crippen molar-refractivity contribution in [1.82, 2.24) is 19.3 Å². The molecule has 0 aliphatic carbocycles. The number of thiazole rings is 1. The molecule has 0 N–H and O–H groups in total. The van der Waals surface area contributed by atoms with Crippen molar-refractivity contribution in [3.05, 3.63) is 70.7 Å². The van der Waals surface area contributed by atoms with E-state index in [1.165, 1.54) is 29.5 Å². The molecule has 4 aromatic rings. The van der Waals surface area contributed by atoms with Crippen LogP contribution >= 0.6 is 11.3 Å². The number of hydrogen-bond donors (Lipinski definition) is 0. The van der Waals surface area contributed by atoms with Crippen molar-refractivity contribution < 1.29 is 22.4 Å². The summed E-state index contributed by atoms with van der Waals surface area (Å²) in [5, 5.41) is 0. The molecule has 5 rings (SSSR count). The van der Waals surface area contributed by atoms with Gasteiger partial charge in [-0.05, 0) is 43.3 Å². The molecular weight excluding hydrogens is 470 g/mol. The smallest absolute Gasteiger partial charge is 0.353 e. The summed E-state index contributed by atoms with van der Waals surface area (Å²) in [5.74, 6) is 0.0404. The van der Waals surface area contributed by atoms with Gasteiger partial charge in [-0.2, -0.15) is 13.2 Å². The summed E-state index contributed by atoms with van der Waals surface area (Å²) in [4.78, 5) is 26.6. The number of carbonyl (C=O) groups excluding carboxylic acids is 1. The van der Waals surface area contributed by atoms with Crippen LogP contribution in [-0.4, -0.2) is 51.4 Å². The van der Waals surface area contributed by atoms with Crippen LogP contribution in [0.1, 0.15) is 20.9 Å². The summed E-state index contributed by atoms with van der Waals surface area (Å²) in [6.07, 6.45) is -1.76. The summed E-state index contributed by atoms with van der Waals surface area (Å²) < 4.78 is 53.3. The lowest BCUT2D eigenvalue weighted by Crippen LogP contribution is -2.49. The number of anilines is 1. The Balaban J connectivity index is 1.28. The summed E-state index contributed by atoms with van der Waals surface area (Å²) >= 11 is 1.30. The molecule has 0 bridgehead atoms. The molecule has 6 nitrogen and oxygen atoms in total. The first-order valence-electron chi connectivity index (χ1n) is 10.5. The summed E-state index contributed by atoms with van der Waals surface area (Å²) in [7, 11) is 0. The molecule has 11 heteroatoms. The van der Waals surface area contributed by atoms with Crippen molar-refractivity contribution in [3.8, 4) is 11.3 Å². The molecule has 0 radical (unpaired) electrons. The van der Waals surface area contributed by atoms with Crippen LogP contribution in [0.4, 0.5) is 23.4 Å². The van der Waals surface area contributed by atoms with Crippen LogP contribution in [0.15, 0.2) is 48.8 Å². The van der Waals surface area contributed by atoms with Crippen LogP contribution in [0.2, 0.25) is 0 Å². The average Bonchev–Trinajstić information content (AvgIpc) is 3.38. The van der Waals surface area contributed by atoms with Gasteiger partial charge in [0.1, 0.15) is 16.5 Å². The fraction of sp³-hybridized carbons (Fsp3) is 0.261. The fourth-order valence-corrected chi connectivity index (χ4v) is 5.01. The SMILES string of the molecule is Cc1c(C(=O)N2CCN(c3ccc(C(F)(F)F)cn3)CC2)sc2nc(-c3ccc(F)cc3)cn12. The number of hydrogen-bond acceptors (Lipinski definition) is 5. The Morgan fingerprint density at radius 3 is 2.32 bits per heavy atom. The van der Waals surface area contributed by atoms with Gasteiger partial charge in [0.05, 0.1) is 11.3 Å². The fourth-order valence-electron chi connectivity index (χ4n) is 3.93. The maximum Gasteiger partial charge on any atom is 0.417 e. The highest BCUT2D eigenvalue weighted by atomic mass is 32.1. The lowest BCUT2D eigenvalue weighted by atomic mass is 10.2. The van der Waals surface area contributed by atoms with E-state index in [0.717, 1.165) is 23.5 Å². The lowest BCUT2D eigenvalue weighted by molar-refractivity contribution is -0.137. The zero-order valence-electron chi connectivity index (χ0n) is 18.0. The van der Waals surface area contributed by atoms with Crippen LogP contribution in [0.25, 0.3) is 16.2 Å². The Morgan fingerprint density at radius 1 is 1.03 bits per heavy atom. The molecular formula is C23H19F4N5OS. The van der Waals surface area contributed by atoms with Crippen LogP contribution < -0.4 is 4.90 Å². The zero-order chi connectivity index (χ0) is 24.0. The van der Waals surface area contributed by atoms with Gasteiger partial charge in [0.25, 0.3) is 5.91 Å². The number of benzene rings is 1. The van der Waals surface area contributed by atoms with Crippen molar-refractivity contribution in [2.75, 3.05) is 31.1 Å². The number of aryl methyl sites for hydroxylation is 1. The quantitative estimate of drug-likeness (QED) is 0.385. The van der Waals surface area contributed by atoms with Crippen molar-refractivity contribution in [2.45, 2.75) is 13.1 Å².